The van der Waals surface area contributed by atoms with Crippen molar-refractivity contribution in [1.82, 2.24) is 29.9 Å². The first-order valence-electron chi connectivity index (χ1n) is 7.52. The van der Waals surface area contributed by atoms with Gasteiger partial charge in [-0.3, -0.25) is 4.98 Å². The molecule has 1 saturated carbocycles. The molecule has 118 valence electrons. The molecule has 0 N–H and O–H groups in total. The van der Waals surface area contributed by atoms with Crippen LogP contribution in [-0.2, 0) is 10.3 Å². The van der Waals surface area contributed by atoms with Gasteiger partial charge in [-0.05, 0) is 31.7 Å². The van der Waals surface area contributed by atoms with E-state index in [-0.39, 0.29) is 0 Å². The van der Waals surface area contributed by atoms with Gasteiger partial charge >= 0.3 is 0 Å². The van der Waals surface area contributed by atoms with Gasteiger partial charge in [0.25, 0.3) is 5.89 Å². The Hall–Kier alpha value is -2.61. The van der Waals surface area contributed by atoms with Crippen LogP contribution in [0, 0.1) is 0 Å². The molecule has 0 aromatic carbocycles. The van der Waals surface area contributed by atoms with Gasteiger partial charge in [0.2, 0.25) is 5.82 Å². The summed E-state index contributed by atoms with van der Waals surface area (Å²) in [6, 6.07) is 1.82. The Morgan fingerprint density at radius 3 is 2.83 bits per heavy atom. The van der Waals surface area contributed by atoms with Crippen LogP contribution >= 0.6 is 0 Å². The molecule has 0 spiro atoms. The topological polar surface area (TPSA) is 91.8 Å². The lowest BCUT2D eigenvalue weighted by Crippen LogP contribution is -2.25. The van der Waals surface area contributed by atoms with Gasteiger partial charge in [-0.25, -0.2) is 9.67 Å². The van der Waals surface area contributed by atoms with Gasteiger partial charge in [0, 0.05) is 19.5 Å². The second-order valence-electron chi connectivity index (χ2n) is 5.54. The highest BCUT2D eigenvalue weighted by Gasteiger charge is 2.40. The molecule has 0 radical (unpaired) electrons. The van der Waals surface area contributed by atoms with Crippen LogP contribution in [0.25, 0.3) is 17.4 Å². The van der Waals surface area contributed by atoms with Crippen molar-refractivity contribution in [2.24, 2.45) is 0 Å². The van der Waals surface area contributed by atoms with Crippen LogP contribution in [0.2, 0.25) is 0 Å². The van der Waals surface area contributed by atoms with E-state index in [1.807, 2.05) is 6.07 Å². The number of methoxy groups -OCH3 is 1. The van der Waals surface area contributed by atoms with E-state index >= 15 is 0 Å². The lowest BCUT2D eigenvalue weighted by atomic mass is 10.0. The van der Waals surface area contributed by atoms with Crippen LogP contribution in [-0.4, -0.2) is 37.0 Å². The summed E-state index contributed by atoms with van der Waals surface area (Å²) in [6.45, 7) is 0. The van der Waals surface area contributed by atoms with E-state index < -0.39 is 5.60 Å². The average Bonchev–Trinajstić information content (AvgIpc) is 3.35. The predicted molar refractivity (Wildman–Crippen MR) is 79.6 cm³/mol. The molecule has 4 rings (SSSR count). The first kappa shape index (κ1) is 14.0. The van der Waals surface area contributed by atoms with Crippen LogP contribution in [0.15, 0.2) is 35.4 Å². The largest absolute Gasteiger partial charge is 0.370 e. The highest BCUT2D eigenvalue weighted by molar-refractivity contribution is 5.46. The monoisotopic (exact) mass is 312 g/mol. The minimum atomic E-state index is -0.436. The number of hydrogen-bond acceptors (Lipinski definition) is 7. The van der Waals surface area contributed by atoms with Crippen molar-refractivity contribution in [3.8, 4) is 17.4 Å². The quantitative estimate of drug-likeness (QED) is 0.728. The number of hydrogen-bond donors (Lipinski definition) is 0. The third-order valence-electron chi connectivity index (χ3n) is 4.22. The Kier molecular flexibility index (Phi) is 3.38. The zero-order valence-electron chi connectivity index (χ0n) is 12.7. The van der Waals surface area contributed by atoms with Crippen LogP contribution in [0.1, 0.15) is 31.5 Å². The molecule has 8 nitrogen and oxygen atoms in total. The number of rotatable bonds is 4. The minimum Gasteiger partial charge on any atom is -0.370 e. The van der Waals surface area contributed by atoms with Crippen LogP contribution in [0.5, 0.6) is 0 Å². The fourth-order valence-electron chi connectivity index (χ4n) is 2.95. The van der Waals surface area contributed by atoms with E-state index in [1.54, 1.807) is 36.6 Å². The summed E-state index contributed by atoms with van der Waals surface area (Å²) in [6.07, 6.45) is 10.7. The van der Waals surface area contributed by atoms with Crippen molar-refractivity contribution in [2.45, 2.75) is 31.3 Å². The standard InChI is InChI=1S/C15H16N6O2/c1-22-15(5-2-3-6-15)14-19-13(23-20-14)11-9-16-10-12(18-11)21-8-4-7-17-21/h4,7-10H,2-3,5-6H2,1H3. The fourth-order valence-corrected chi connectivity index (χ4v) is 2.95. The number of ether oxygens (including phenoxy) is 1. The molecule has 0 unspecified atom stereocenters. The van der Waals surface area contributed by atoms with Crippen molar-refractivity contribution in [3.05, 3.63) is 36.7 Å². The minimum absolute atomic E-state index is 0.338. The van der Waals surface area contributed by atoms with Crippen LogP contribution in [0.4, 0.5) is 0 Å². The third kappa shape index (κ3) is 2.40. The van der Waals surface area contributed by atoms with Gasteiger partial charge < -0.3 is 9.26 Å². The van der Waals surface area contributed by atoms with E-state index in [0.717, 1.165) is 25.7 Å². The van der Waals surface area contributed by atoms with E-state index in [0.29, 0.717) is 23.2 Å². The molecule has 0 atom stereocenters. The fraction of sp³-hybridized carbons (Fsp3) is 0.400. The molecule has 0 aliphatic heterocycles. The van der Waals surface area contributed by atoms with Gasteiger partial charge in [-0.15, -0.1) is 0 Å². The zero-order valence-corrected chi connectivity index (χ0v) is 12.7. The summed E-state index contributed by atoms with van der Waals surface area (Å²) < 4.78 is 12.7. The summed E-state index contributed by atoms with van der Waals surface area (Å²) in [5.74, 6) is 1.51. The molecule has 1 aliphatic carbocycles. The Bertz CT molecular complexity index is 792. The van der Waals surface area contributed by atoms with Crippen molar-refractivity contribution < 1.29 is 9.26 Å². The maximum absolute atomic E-state index is 5.68. The molecule has 23 heavy (non-hydrogen) atoms. The molecule has 3 aromatic heterocycles. The zero-order chi connectivity index (χ0) is 15.7. The number of nitrogens with zero attached hydrogens (tertiary/aromatic N) is 6. The Morgan fingerprint density at radius 2 is 2.09 bits per heavy atom. The third-order valence-corrected chi connectivity index (χ3v) is 4.22. The summed E-state index contributed by atoms with van der Waals surface area (Å²) in [7, 11) is 1.69. The summed E-state index contributed by atoms with van der Waals surface area (Å²) in [5.41, 5.74) is 0.0791. The predicted octanol–water partition coefficient (Wildman–Crippen LogP) is 2.13. The molecule has 1 fully saturated rings. The SMILES string of the molecule is COC1(c2noc(-c3cncc(-n4cccn4)n3)n2)CCCC1. The summed E-state index contributed by atoms with van der Waals surface area (Å²) in [4.78, 5) is 13.1. The first-order chi connectivity index (χ1) is 11.3. The van der Waals surface area contributed by atoms with Gasteiger partial charge in [0.05, 0.1) is 12.4 Å². The van der Waals surface area contributed by atoms with Crippen LogP contribution in [0.3, 0.4) is 0 Å². The van der Waals surface area contributed by atoms with E-state index in [2.05, 4.69) is 25.2 Å². The maximum atomic E-state index is 5.68. The summed E-state index contributed by atoms with van der Waals surface area (Å²) in [5, 5.41) is 8.25. The Balaban J connectivity index is 1.68. The Labute approximate surface area is 132 Å². The van der Waals surface area contributed by atoms with Gasteiger partial charge in [-0.1, -0.05) is 5.16 Å². The van der Waals surface area contributed by atoms with Gasteiger partial charge in [0.15, 0.2) is 5.82 Å². The average molecular weight is 312 g/mol. The molecule has 8 heteroatoms. The first-order valence-corrected chi connectivity index (χ1v) is 7.52. The van der Waals surface area contributed by atoms with E-state index in [1.165, 1.54) is 0 Å². The van der Waals surface area contributed by atoms with Crippen molar-refractivity contribution in [1.29, 1.82) is 0 Å². The molecule has 1 aliphatic rings. The molecule has 0 saturated heterocycles. The molecule has 3 heterocycles. The van der Waals surface area contributed by atoms with E-state index in [9.17, 15) is 0 Å². The van der Waals surface area contributed by atoms with Crippen molar-refractivity contribution in [2.75, 3.05) is 7.11 Å². The summed E-state index contributed by atoms with van der Waals surface area (Å²) >= 11 is 0. The normalized spacial score (nSPS) is 16.7. The van der Waals surface area contributed by atoms with E-state index in [4.69, 9.17) is 9.26 Å². The highest BCUT2D eigenvalue weighted by Crippen LogP contribution is 2.40. The van der Waals surface area contributed by atoms with Gasteiger partial charge in [-0.2, -0.15) is 10.1 Å². The lowest BCUT2D eigenvalue weighted by molar-refractivity contribution is -0.0178. The Morgan fingerprint density at radius 1 is 1.22 bits per heavy atom. The van der Waals surface area contributed by atoms with Crippen molar-refractivity contribution >= 4 is 0 Å². The molecular weight excluding hydrogens is 296 g/mol. The van der Waals surface area contributed by atoms with Crippen molar-refractivity contribution in [3.63, 3.8) is 0 Å². The second kappa shape index (κ2) is 5.54. The molecule has 0 amide bonds. The highest BCUT2D eigenvalue weighted by atomic mass is 16.5. The maximum Gasteiger partial charge on any atom is 0.278 e. The molecule has 0 bridgehead atoms. The molecule has 3 aromatic rings. The molecular formula is C15H16N6O2. The smallest absolute Gasteiger partial charge is 0.278 e. The second-order valence-corrected chi connectivity index (χ2v) is 5.54. The lowest BCUT2D eigenvalue weighted by Gasteiger charge is -2.22. The van der Waals surface area contributed by atoms with Gasteiger partial charge in [0.1, 0.15) is 11.3 Å². The van der Waals surface area contributed by atoms with Crippen LogP contribution < -0.4 is 0 Å². The number of aromatic nitrogens is 6.